The van der Waals surface area contributed by atoms with Crippen LogP contribution in [0.4, 0.5) is 15.9 Å². The van der Waals surface area contributed by atoms with Crippen LogP contribution < -0.4 is 21.3 Å². The lowest BCUT2D eigenvalue weighted by Gasteiger charge is -2.19. The van der Waals surface area contributed by atoms with Crippen LogP contribution in [0.5, 0.6) is 0 Å². The van der Waals surface area contributed by atoms with E-state index >= 15 is 0 Å². The summed E-state index contributed by atoms with van der Waals surface area (Å²) < 4.78 is 19.5. The minimum absolute atomic E-state index is 0.0346. The summed E-state index contributed by atoms with van der Waals surface area (Å²) in [5.74, 6) is 0.477. The van der Waals surface area contributed by atoms with E-state index in [-0.39, 0.29) is 24.2 Å². The number of carbonyl (C=O) groups excluding carboxylic acids is 1. The molecular formula is C21H23FN8O2. The molecule has 1 amide bonds. The van der Waals surface area contributed by atoms with E-state index in [0.29, 0.717) is 40.6 Å². The predicted octanol–water partition coefficient (Wildman–Crippen LogP) is 2.06. The van der Waals surface area contributed by atoms with E-state index in [0.717, 1.165) is 23.9 Å². The van der Waals surface area contributed by atoms with Gasteiger partial charge in [-0.25, -0.2) is 19.3 Å². The Morgan fingerprint density at radius 2 is 2.25 bits per heavy atom. The van der Waals surface area contributed by atoms with E-state index in [2.05, 4.69) is 30.5 Å². The first kappa shape index (κ1) is 20.2. The quantitative estimate of drug-likeness (QED) is 0.371. The summed E-state index contributed by atoms with van der Waals surface area (Å²) in [6, 6.07) is 2.94. The normalized spacial score (nSPS) is 16.2. The number of hydrogen-bond donors (Lipinski definition) is 4. The van der Waals surface area contributed by atoms with Crippen LogP contribution >= 0.6 is 0 Å². The maximum absolute atomic E-state index is 14.3. The van der Waals surface area contributed by atoms with E-state index < -0.39 is 5.91 Å². The molecule has 10 nitrogen and oxygen atoms in total. The summed E-state index contributed by atoms with van der Waals surface area (Å²) in [5, 5.41) is 7.20. The molecule has 0 spiro atoms. The largest absolute Gasteiger partial charge is 0.438 e. The van der Waals surface area contributed by atoms with Gasteiger partial charge in [0.2, 0.25) is 5.76 Å². The van der Waals surface area contributed by atoms with Crippen LogP contribution in [0.2, 0.25) is 0 Å². The van der Waals surface area contributed by atoms with Gasteiger partial charge in [0.05, 0.1) is 28.8 Å². The third-order valence-corrected chi connectivity index (χ3v) is 5.70. The molecule has 166 valence electrons. The summed E-state index contributed by atoms with van der Waals surface area (Å²) >= 11 is 0. The van der Waals surface area contributed by atoms with Crippen molar-refractivity contribution in [3.63, 3.8) is 0 Å². The highest BCUT2D eigenvalue weighted by Crippen LogP contribution is 2.36. The van der Waals surface area contributed by atoms with Crippen LogP contribution in [0.3, 0.4) is 0 Å². The Bertz CT molecular complexity index is 1330. The molecule has 0 radical (unpaired) electrons. The smallest absolute Gasteiger partial charge is 0.289 e. The average molecular weight is 438 g/mol. The second-order valence-corrected chi connectivity index (χ2v) is 7.88. The van der Waals surface area contributed by atoms with E-state index in [1.54, 1.807) is 14.0 Å². The fraction of sp³-hybridized carbons (Fsp3) is 0.333. The van der Waals surface area contributed by atoms with Crippen molar-refractivity contribution in [2.75, 3.05) is 30.4 Å². The zero-order valence-corrected chi connectivity index (χ0v) is 17.7. The number of benzene rings is 1. The summed E-state index contributed by atoms with van der Waals surface area (Å²) in [6.45, 7) is 3.15. The second kappa shape index (κ2) is 7.75. The zero-order valence-electron chi connectivity index (χ0n) is 17.7. The lowest BCUT2D eigenvalue weighted by atomic mass is 10.1. The molecule has 1 unspecified atom stereocenters. The Hall–Kier alpha value is -3.73. The molecule has 4 heterocycles. The van der Waals surface area contributed by atoms with E-state index in [9.17, 15) is 9.18 Å². The van der Waals surface area contributed by atoms with Gasteiger partial charge in [-0.05, 0) is 25.5 Å². The van der Waals surface area contributed by atoms with Crippen LogP contribution in [0.1, 0.15) is 28.5 Å². The number of halogens is 1. The highest BCUT2D eigenvalue weighted by molar-refractivity contribution is 6.14. The van der Waals surface area contributed by atoms with E-state index in [1.165, 1.54) is 18.5 Å². The van der Waals surface area contributed by atoms with Gasteiger partial charge in [0.1, 0.15) is 17.3 Å². The molecule has 1 saturated heterocycles. The van der Waals surface area contributed by atoms with Crippen LogP contribution in [0.15, 0.2) is 22.9 Å². The van der Waals surface area contributed by atoms with Crippen LogP contribution in [-0.4, -0.2) is 52.0 Å². The van der Waals surface area contributed by atoms with Crippen molar-refractivity contribution < 1.29 is 13.6 Å². The van der Waals surface area contributed by atoms with Gasteiger partial charge in [-0.1, -0.05) is 0 Å². The first-order valence-corrected chi connectivity index (χ1v) is 10.3. The monoisotopic (exact) mass is 438 g/mol. The van der Waals surface area contributed by atoms with Gasteiger partial charge in [-0.3, -0.25) is 4.79 Å². The van der Waals surface area contributed by atoms with E-state index in [1.807, 2.05) is 0 Å². The molecule has 5 rings (SSSR count). The lowest BCUT2D eigenvalue weighted by Crippen LogP contribution is -2.28. The Morgan fingerprint density at radius 3 is 2.94 bits per heavy atom. The first-order chi connectivity index (χ1) is 15.4. The zero-order chi connectivity index (χ0) is 22.4. The maximum atomic E-state index is 14.3. The van der Waals surface area contributed by atoms with Crippen molar-refractivity contribution >= 4 is 39.3 Å². The van der Waals surface area contributed by atoms with Gasteiger partial charge in [0.25, 0.3) is 5.91 Å². The Morgan fingerprint density at radius 1 is 1.41 bits per heavy atom. The van der Waals surface area contributed by atoms with Crippen molar-refractivity contribution in [1.82, 2.24) is 25.3 Å². The fourth-order valence-electron chi connectivity index (χ4n) is 4.13. The average Bonchev–Trinajstić information content (AvgIpc) is 3.49. The number of aromatic nitrogens is 4. The van der Waals surface area contributed by atoms with Gasteiger partial charge in [-0.2, -0.15) is 0 Å². The lowest BCUT2D eigenvalue weighted by molar-refractivity contribution is 0.0921. The molecular weight excluding hydrogens is 415 g/mol. The van der Waals surface area contributed by atoms with Gasteiger partial charge in [0, 0.05) is 31.6 Å². The number of anilines is 2. The standard InChI is InChI=1S/C21H23FN8O2/c1-10-18(32-9-26-10)21(31)25-7-15-27-19-16(20(28-15)30-4-3-12(23)8-30)13-5-11(22)6-14(24-2)17(13)29-19/h5-6,9,12,24H,3-4,7-8,23H2,1-2H3,(H,25,31)(H,27,28,29). The van der Waals surface area contributed by atoms with Crippen molar-refractivity contribution in [2.45, 2.75) is 25.9 Å². The number of rotatable bonds is 5. The fourth-order valence-corrected chi connectivity index (χ4v) is 4.13. The molecule has 3 aromatic heterocycles. The second-order valence-electron chi connectivity index (χ2n) is 7.88. The molecule has 5 N–H and O–H groups in total. The first-order valence-electron chi connectivity index (χ1n) is 10.3. The van der Waals surface area contributed by atoms with Crippen LogP contribution in [0.25, 0.3) is 21.9 Å². The molecule has 11 heteroatoms. The van der Waals surface area contributed by atoms with Crippen LogP contribution in [-0.2, 0) is 6.54 Å². The molecule has 1 aliphatic heterocycles. The molecule has 0 saturated carbocycles. The molecule has 32 heavy (non-hydrogen) atoms. The number of nitrogens with zero attached hydrogens (tertiary/aromatic N) is 4. The molecule has 1 fully saturated rings. The Labute approximate surface area is 182 Å². The van der Waals surface area contributed by atoms with Gasteiger partial charge < -0.3 is 30.7 Å². The molecule has 1 aliphatic rings. The Balaban J connectivity index is 1.59. The van der Waals surface area contributed by atoms with Crippen molar-refractivity contribution in [3.05, 3.63) is 41.6 Å². The van der Waals surface area contributed by atoms with Crippen molar-refractivity contribution in [1.29, 1.82) is 0 Å². The molecule has 0 aliphatic carbocycles. The molecule has 0 bridgehead atoms. The number of aryl methyl sites for hydroxylation is 1. The Kier molecular flexibility index (Phi) is 4.89. The summed E-state index contributed by atoms with van der Waals surface area (Å²) in [6.07, 6.45) is 2.06. The van der Waals surface area contributed by atoms with Gasteiger partial charge >= 0.3 is 0 Å². The van der Waals surface area contributed by atoms with Gasteiger partial charge in [0.15, 0.2) is 12.2 Å². The summed E-state index contributed by atoms with van der Waals surface area (Å²) in [5.41, 5.74) is 8.56. The maximum Gasteiger partial charge on any atom is 0.289 e. The third-order valence-electron chi connectivity index (χ3n) is 5.70. The number of amides is 1. The predicted molar refractivity (Wildman–Crippen MR) is 118 cm³/mol. The number of nitrogens with one attached hydrogen (secondary N) is 3. The number of H-pyrrole nitrogens is 1. The minimum atomic E-state index is -0.398. The summed E-state index contributed by atoms with van der Waals surface area (Å²) in [4.78, 5) is 31.1. The highest BCUT2D eigenvalue weighted by Gasteiger charge is 2.26. The number of fused-ring (bicyclic) bond motifs is 3. The molecule has 4 aromatic rings. The minimum Gasteiger partial charge on any atom is -0.438 e. The summed E-state index contributed by atoms with van der Waals surface area (Å²) in [7, 11) is 1.73. The number of nitrogens with two attached hydrogens (primary N) is 1. The van der Waals surface area contributed by atoms with Crippen molar-refractivity contribution in [2.24, 2.45) is 5.73 Å². The SMILES string of the molecule is CNc1cc(F)cc2c1[nH]c1nc(CNC(=O)c3ocnc3C)nc(N3CCC(N)C3)c12. The number of carbonyl (C=O) groups is 1. The third kappa shape index (κ3) is 3.40. The topological polar surface area (TPSA) is 138 Å². The molecule has 1 aromatic carbocycles. The number of oxazole rings is 1. The van der Waals surface area contributed by atoms with Crippen molar-refractivity contribution in [3.8, 4) is 0 Å². The number of hydrogen-bond acceptors (Lipinski definition) is 8. The van der Waals surface area contributed by atoms with Gasteiger partial charge in [-0.15, -0.1) is 0 Å². The van der Waals surface area contributed by atoms with E-state index in [4.69, 9.17) is 15.1 Å². The van der Waals surface area contributed by atoms with Crippen LogP contribution in [0, 0.1) is 12.7 Å². The highest BCUT2D eigenvalue weighted by atomic mass is 19.1. The number of aromatic amines is 1. The molecule has 1 atom stereocenters.